The zero-order valence-corrected chi connectivity index (χ0v) is 38.5. The van der Waals surface area contributed by atoms with Crippen LogP contribution in [0.5, 0.6) is 0 Å². The Morgan fingerprint density at radius 2 is 0.614 bits per heavy atom. The minimum absolute atomic E-state index is 1.07. The number of para-hydroxylation sites is 3. The summed E-state index contributed by atoms with van der Waals surface area (Å²) in [4.78, 5) is 2.40. The maximum atomic E-state index is 2.43. The molecule has 0 unspecified atom stereocenters. The van der Waals surface area contributed by atoms with Gasteiger partial charge in [-0.05, 0) is 126 Å². The molecule has 0 aliphatic carbocycles. The number of nitrogens with zero attached hydrogens (tertiary/aromatic N) is 2. The molecule has 0 fully saturated rings. The highest BCUT2D eigenvalue weighted by atomic mass is 15.1. The van der Waals surface area contributed by atoms with Gasteiger partial charge in [0.25, 0.3) is 0 Å². The number of aromatic nitrogens is 1. The molecule has 328 valence electrons. The monoisotopic (exact) mass is 890 g/mol. The van der Waals surface area contributed by atoms with Crippen LogP contribution in [0.15, 0.2) is 279 Å². The standard InChI is InChI=1S/C68H46N2/c1-3-18-47(19-4-1)58-31-14-22-51-24-16-33-60(67(51)58)49-38-42-54(43-39-49)69(55-44-40-50(41-45-55)61-34-17-25-52-23-15-32-59(68(52)61)48-20-5-2-6-21-48)56-27-13-26-53(46-56)57-28-7-10-35-64(57)70-65-36-11-8-29-62(65)63-30-9-12-37-66(63)70/h1-46H. The van der Waals surface area contributed by atoms with Crippen molar-refractivity contribution in [1.82, 2.24) is 4.57 Å². The van der Waals surface area contributed by atoms with E-state index in [0.29, 0.717) is 0 Å². The van der Waals surface area contributed by atoms with Crippen LogP contribution >= 0.6 is 0 Å². The van der Waals surface area contributed by atoms with Crippen molar-refractivity contribution in [2.75, 3.05) is 4.90 Å². The smallest absolute Gasteiger partial charge is 0.0541 e. The number of benzene rings is 12. The van der Waals surface area contributed by atoms with Crippen LogP contribution in [0.2, 0.25) is 0 Å². The maximum absolute atomic E-state index is 2.43. The third kappa shape index (κ3) is 7.13. The lowest BCUT2D eigenvalue weighted by Gasteiger charge is -2.27. The SMILES string of the molecule is c1ccc(-c2cccc3cccc(-c4ccc(N(c5ccc(-c6cccc7cccc(-c8ccccc8)c67)cc5)c5cccc(-c6ccccc6-n6c7ccccc7c7ccccc76)c5)cc4)c23)cc1. The molecular weight excluding hydrogens is 845 g/mol. The molecule has 0 N–H and O–H groups in total. The van der Waals surface area contributed by atoms with Crippen molar-refractivity contribution in [2.45, 2.75) is 0 Å². The van der Waals surface area contributed by atoms with Gasteiger partial charge in [-0.3, -0.25) is 0 Å². The fraction of sp³-hybridized carbons (Fsp3) is 0. The van der Waals surface area contributed by atoms with E-state index in [0.717, 1.165) is 33.9 Å². The van der Waals surface area contributed by atoms with Gasteiger partial charge in [-0.1, -0.05) is 224 Å². The number of hydrogen-bond donors (Lipinski definition) is 0. The highest BCUT2D eigenvalue weighted by Gasteiger charge is 2.19. The van der Waals surface area contributed by atoms with Gasteiger partial charge in [-0.25, -0.2) is 0 Å². The fourth-order valence-electron chi connectivity index (χ4n) is 10.8. The molecule has 13 rings (SSSR count). The van der Waals surface area contributed by atoms with Crippen molar-refractivity contribution in [1.29, 1.82) is 0 Å². The minimum Gasteiger partial charge on any atom is -0.310 e. The summed E-state index contributed by atoms with van der Waals surface area (Å²) >= 11 is 0. The quantitative estimate of drug-likeness (QED) is 0.140. The van der Waals surface area contributed by atoms with E-state index in [2.05, 4.69) is 289 Å². The number of fused-ring (bicyclic) bond motifs is 5. The molecule has 2 nitrogen and oxygen atoms in total. The van der Waals surface area contributed by atoms with Gasteiger partial charge in [0, 0.05) is 33.4 Å². The van der Waals surface area contributed by atoms with Crippen LogP contribution in [0, 0.1) is 0 Å². The molecule has 2 heteroatoms. The normalized spacial score (nSPS) is 11.4. The summed E-state index contributed by atoms with van der Waals surface area (Å²) < 4.78 is 2.43. The van der Waals surface area contributed by atoms with Gasteiger partial charge in [0.1, 0.15) is 0 Å². The Morgan fingerprint density at radius 3 is 1.10 bits per heavy atom. The molecule has 0 amide bonds. The number of hydrogen-bond acceptors (Lipinski definition) is 1. The summed E-state index contributed by atoms with van der Waals surface area (Å²) in [5.41, 5.74) is 18.7. The Balaban J connectivity index is 0.955. The lowest BCUT2D eigenvalue weighted by atomic mass is 9.91. The topological polar surface area (TPSA) is 8.17 Å². The lowest BCUT2D eigenvalue weighted by molar-refractivity contribution is 1.18. The first kappa shape index (κ1) is 41.0. The minimum atomic E-state index is 1.07. The summed E-state index contributed by atoms with van der Waals surface area (Å²) in [5, 5.41) is 7.47. The molecular formula is C68H46N2. The molecule has 1 heterocycles. The molecule has 0 saturated carbocycles. The summed E-state index contributed by atoms with van der Waals surface area (Å²) in [6.07, 6.45) is 0. The molecule has 0 atom stereocenters. The van der Waals surface area contributed by atoms with Crippen molar-refractivity contribution in [2.24, 2.45) is 0 Å². The Bertz CT molecular complexity index is 3810. The molecule has 0 saturated heterocycles. The van der Waals surface area contributed by atoms with Crippen LogP contribution in [0.25, 0.3) is 105 Å². The third-order valence-electron chi connectivity index (χ3n) is 14.0. The zero-order chi connectivity index (χ0) is 46.4. The van der Waals surface area contributed by atoms with E-state index < -0.39 is 0 Å². The van der Waals surface area contributed by atoms with E-state index >= 15 is 0 Å². The molecule has 0 spiro atoms. The lowest BCUT2D eigenvalue weighted by Crippen LogP contribution is -2.10. The fourth-order valence-corrected chi connectivity index (χ4v) is 10.8. The molecule has 12 aromatic carbocycles. The van der Waals surface area contributed by atoms with Crippen molar-refractivity contribution in [3.8, 4) is 61.3 Å². The van der Waals surface area contributed by atoms with Crippen molar-refractivity contribution < 1.29 is 0 Å². The summed E-state index contributed by atoms with van der Waals surface area (Å²) in [6, 6.07) is 102. The maximum Gasteiger partial charge on any atom is 0.0541 e. The second-order valence-electron chi connectivity index (χ2n) is 18.0. The van der Waals surface area contributed by atoms with E-state index in [1.165, 1.54) is 87.9 Å². The molecule has 0 aliphatic rings. The second kappa shape index (κ2) is 17.4. The Labute approximate surface area is 408 Å². The first-order chi connectivity index (χ1) is 34.7. The van der Waals surface area contributed by atoms with Crippen LogP contribution in [0.3, 0.4) is 0 Å². The first-order valence-corrected chi connectivity index (χ1v) is 24.1. The highest BCUT2D eigenvalue weighted by molar-refractivity contribution is 6.10. The molecule has 0 radical (unpaired) electrons. The van der Waals surface area contributed by atoms with Crippen LogP contribution in [-0.2, 0) is 0 Å². The Morgan fingerprint density at radius 1 is 0.243 bits per heavy atom. The number of anilines is 3. The van der Waals surface area contributed by atoms with E-state index in [9.17, 15) is 0 Å². The van der Waals surface area contributed by atoms with E-state index in [1.54, 1.807) is 0 Å². The molecule has 0 aliphatic heterocycles. The molecule has 70 heavy (non-hydrogen) atoms. The third-order valence-corrected chi connectivity index (χ3v) is 14.0. The molecule has 1 aromatic heterocycles. The van der Waals surface area contributed by atoms with Crippen LogP contribution in [0.1, 0.15) is 0 Å². The van der Waals surface area contributed by atoms with E-state index in [-0.39, 0.29) is 0 Å². The van der Waals surface area contributed by atoms with Crippen LogP contribution in [0.4, 0.5) is 17.1 Å². The Kier molecular flexibility index (Phi) is 10.2. The van der Waals surface area contributed by atoms with Gasteiger partial charge in [0.05, 0.1) is 16.7 Å². The van der Waals surface area contributed by atoms with Gasteiger partial charge in [-0.2, -0.15) is 0 Å². The molecule has 0 bridgehead atoms. The van der Waals surface area contributed by atoms with Crippen LogP contribution in [-0.4, -0.2) is 4.57 Å². The van der Waals surface area contributed by atoms with Gasteiger partial charge >= 0.3 is 0 Å². The van der Waals surface area contributed by atoms with Gasteiger partial charge in [-0.15, -0.1) is 0 Å². The van der Waals surface area contributed by atoms with Crippen LogP contribution < -0.4 is 4.90 Å². The van der Waals surface area contributed by atoms with E-state index in [4.69, 9.17) is 0 Å². The first-order valence-electron chi connectivity index (χ1n) is 24.1. The largest absolute Gasteiger partial charge is 0.310 e. The second-order valence-corrected chi connectivity index (χ2v) is 18.0. The zero-order valence-electron chi connectivity index (χ0n) is 38.5. The van der Waals surface area contributed by atoms with Crippen molar-refractivity contribution in [3.05, 3.63) is 279 Å². The predicted molar refractivity (Wildman–Crippen MR) is 298 cm³/mol. The predicted octanol–water partition coefficient (Wildman–Crippen LogP) is 18.9. The van der Waals surface area contributed by atoms with Crippen molar-refractivity contribution >= 4 is 60.4 Å². The summed E-state index contributed by atoms with van der Waals surface area (Å²) in [6.45, 7) is 0. The summed E-state index contributed by atoms with van der Waals surface area (Å²) in [7, 11) is 0. The highest BCUT2D eigenvalue weighted by Crippen LogP contribution is 2.44. The summed E-state index contributed by atoms with van der Waals surface area (Å²) in [5.74, 6) is 0. The average Bonchev–Trinajstić information content (AvgIpc) is 3.77. The average molecular weight is 891 g/mol. The molecule has 13 aromatic rings. The van der Waals surface area contributed by atoms with Gasteiger partial charge in [0.2, 0.25) is 0 Å². The number of rotatable bonds is 9. The van der Waals surface area contributed by atoms with Gasteiger partial charge in [0.15, 0.2) is 0 Å². The Hall–Kier alpha value is -9.24. The van der Waals surface area contributed by atoms with Crippen molar-refractivity contribution in [3.63, 3.8) is 0 Å². The van der Waals surface area contributed by atoms with Gasteiger partial charge < -0.3 is 9.47 Å². The van der Waals surface area contributed by atoms with E-state index in [1.807, 2.05) is 0 Å².